The van der Waals surface area contributed by atoms with Crippen molar-refractivity contribution in [3.63, 3.8) is 0 Å². The van der Waals surface area contributed by atoms with Crippen molar-refractivity contribution >= 4 is 39.1 Å². The maximum Gasteiger partial charge on any atom is 0.261 e. The molecule has 172 valence electrons. The van der Waals surface area contributed by atoms with E-state index in [1.165, 1.54) is 0 Å². The number of carbonyl (C=O) groups is 1. The number of nitrogens with one attached hydrogen (secondary N) is 2. The van der Waals surface area contributed by atoms with Gasteiger partial charge in [0.25, 0.3) is 15.9 Å². The summed E-state index contributed by atoms with van der Waals surface area (Å²) < 4.78 is 28.3. The van der Waals surface area contributed by atoms with Crippen molar-refractivity contribution in [1.82, 2.24) is 0 Å². The number of anilines is 2. The number of benzene rings is 4. The summed E-state index contributed by atoms with van der Waals surface area (Å²) in [5.41, 5.74) is 2.96. The van der Waals surface area contributed by atoms with E-state index >= 15 is 0 Å². The number of amides is 1. The van der Waals surface area contributed by atoms with Gasteiger partial charge in [0.05, 0.1) is 16.3 Å². The molecule has 0 heterocycles. The topological polar surface area (TPSA) is 75.3 Å². The molecular formula is C27H24N2O3S2. The molecule has 0 aromatic heterocycles. The quantitative estimate of drug-likeness (QED) is 0.311. The van der Waals surface area contributed by atoms with Gasteiger partial charge in [-0.15, -0.1) is 0 Å². The van der Waals surface area contributed by atoms with Crippen LogP contribution in [0.2, 0.25) is 0 Å². The van der Waals surface area contributed by atoms with Crippen molar-refractivity contribution < 1.29 is 13.2 Å². The van der Waals surface area contributed by atoms with Crippen molar-refractivity contribution in [2.45, 2.75) is 28.5 Å². The summed E-state index contributed by atoms with van der Waals surface area (Å²) in [7, 11) is -3.78. The molecule has 0 fully saturated rings. The van der Waals surface area contributed by atoms with E-state index in [1.54, 1.807) is 61.2 Å². The zero-order chi connectivity index (χ0) is 24.1. The molecule has 0 radical (unpaired) electrons. The number of rotatable bonds is 7. The van der Waals surface area contributed by atoms with Gasteiger partial charge in [0, 0.05) is 15.4 Å². The summed E-state index contributed by atoms with van der Waals surface area (Å²) >= 11 is 1.56. The first-order valence-electron chi connectivity index (χ1n) is 10.7. The van der Waals surface area contributed by atoms with E-state index in [-0.39, 0.29) is 10.8 Å². The van der Waals surface area contributed by atoms with Gasteiger partial charge in [0.1, 0.15) is 0 Å². The van der Waals surface area contributed by atoms with Crippen LogP contribution in [0.25, 0.3) is 0 Å². The molecule has 0 saturated carbocycles. The smallest absolute Gasteiger partial charge is 0.261 e. The standard InChI is InChI=1S/C27H24N2O3S2/c1-19-15-17-22(18-16-19)34(31,32)29-24-13-8-11-23(20(24)2)27(30)28-25-12-6-7-14-26(25)33-21-9-4-3-5-10-21/h3-18,29H,1-2H3,(H,28,30). The second-order valence-electron chi connectivity index (χ2n) is 7.76. The summed E-state index contributed by atoms with van der Waals surface area (Å²) in [5, 5.41) is 2.98. The van der Waals surface area contributed by atoms with E-state index in [2.05, 4.69) is 10.0 Å². The average Bonchev–Trinajstić information content (AvgIpc) is 2.82. The largest absolute Gasteiger partial charge is 0.321 e. The average molecular weight is 489 g/mol. The van der Waals surface area contributed by atoms with Crippen LogP contribution in [0.3, 0.4) is 0 Å². The number of aryl methyl sites for hydroxylation is 1. The number of para-hydroxylation sites is 1. The Bertz CT molecular complexity index is 1420. The lowest BCUT2D eigenvalue weighted by atomic mass is 10.1. The Balaban J connectivity index is 1.57. The highest BCUT2D eigenvalue weighted by Gasteiger charge is 2.18. The minimum atomic E-state index is -3.78. The molecule has 4 rings (SSSR count). The first kappa shape index (κ1) is 23.6. The number of carbonyl (C=O) groups excluding carboxylic acids is 1. The third kappa shape index (κ3) is 5.50. The molecule has 0 atom stereocenters. The van der Waals surface area contributed by atoms with Crippen molar-refractivity contribution in [3.8, 4) is 0 Å². The van der Waals surface area contributed by atoms with Crippen LogP contribution in [-0.2, 0) is 10.0 Å². The van der Waals surface area contributed by atoms with E-state index in [0.717, 1.165) is 15.4 Å². The van der Waals surface area contributed by atoms with Gasteiger partial charge in [0.2, 0.25) is 0 Å². The molecule has 5 nitrogen and oxygen atoms in total. The van der Waals surface area contributed by atoms with Crippen molar-refractivity contribution in [2.75, 3.05) is 10.0 Å². The SMILES string of the molecule is Cc1ccc(S(=O)(=O)Nc2cccc(C(=O)Nc3ccccc3Sc3ccccc3)c2C)cc1. The zero-order valence-corrected chi connectivity index (χ0v) is 20.4. The molecule has 4 aromatic rings. The molecule has 2 N–H and O–H groups in total. The summed E-state index contributed by atoms with van der Waals surface area (Å²) in [5.74, 6) is -0.310. The molecule has 0 unspecified atom stereocenters. The predicted molar refractivity (Wildman–Crippen MR) is 138 cm³/mol. The molecule has 1 amide bonds. The van der Waals surface area contributed by atoms with Crippen LogP contribution in [0.1, 0.15) is 21.5 Å². The fraction of sp³-hybridized carbons (Fsp3) is 0.0741. The van der Waals surface area contributed by atoms with Gasteiger partial charge in [-0.1, -0.05) is 65.9 Å². The molecule has 0 aliphatic heterocycles. The number of sulfonamides is 1. The highest BCUT2D eigenvalue weighted by molar-refractivity contribution is 7.99. The van der Waals surface area contributed by atoms with Gasteiger partial charge in [0.15, 0.2) is 0 Å². The van der Waals surface area contributed by atoms with Crippen LogP contribution in [0, 0.1) is 13.8 Å². The normalized spacial score (nSPS) is 11.1. The molecule has 4 aromatic carbocycles. The zero-order valence-electron chi connectivity index (χ0n) is 18.8. The van der Waals surface area contributed by atoms with Crippen LogP contribution < -0.4 is 10.0 Å². The molecule has 0 bridgehead atoms. The fourth-order valence-corrected chi connectivity index (χ4v) is 5.42. The molecule has 0 saturated heterocycles. The van der Waals surface area contributed by atoms with Crippen LogP contribution in [0.5, 0.6) is 0 Å². The lowest BCUT2D eigenvalue weighted by molar-refractivity contribution is 0.102. The van der Waals surface area contributed by atoms with Crippen molar-refractivity contribution in [2.24, 2.45) is 0 Å². The lowest BCUT2D eigenvalue weighted by Crippen LogP contribution is -2.17. The molecule has 0 aliphatic rings. The van der Waals surface area contributed by atoms with Gasteiger partial charge < -0.3 is 5.32 Å². The summed E-state index contributed by atoms with van der Waals surface area (Å²) in [4.78, 5) is 15.3. The Morgan fingerprint density at radius 1 is 0.735 bits per heavy atom. The van der Waals surface area contributed by atoms with Crippen LogP contribution in [0.4, 0.5) is 11.4 Å². The van der Waals surface area contributed by atoms with Crippen molar-refractivity contribution in [3.05, 3.63) is 114 Å². The number of hydrogen-bond acceptors (Lipinski definition) is 4. The molecule has 34 heavy (non-hydrogen) atoms. The Labute approximate surface area is 204 Å². The van der Waals surface area contributed by atoms with Crippen LogP contribution in [-0.4, -0.2) is 14.3 Å². The summed E-state index contributed by atoms with van der Waals surface area (Å²) in [6.45, 7) is 3.62. The highest BCUT2D eigenvalue weighted by Crippen LogP contribution is 2.33. The summed E-state index contributed by atoms with van der Waals surface area (Å²) in [6.07, 6.45) is 0. The Morgan fingerprint density at radius 2 is 1.38 bits per heavy atom. The third-order valence-electron chi connectivity index (χ3n) is 5.26. The van der Waals surface area contributed by atoms with Crippen molar-refractivity contribution in [1.29, 1.82) is 0 Å². The van der Waals surface area contributed by atoms with E-state index in [0.29, 0.717) is 22.5 Å². The lowest BCUT2D eigenvalue weighted by Gasteiger charge is -2.15. The first-order chi connectivity index (χ1) is 16.3. The molecule has 0 aliphatic carbocycles. The molecule has 0 spiro atoms. The van der Waals surface area contributed by atoms with E-state index in [1.807, 2.05) is 61.5 Å². The minimum Gasteiger partial charge on any atom is -0.321 e. The maximum absolute atomic E-state index is 13.2. The van der Waals surface area contributed by atoms with Gasteiger partial charge in [-0.3, -0.25) is 9.52 Å². The highest BCUT2D eigenvalue weighted by atomic mass is 32.2. The Kier molecular flexibility index (Phi) is 7.05. The second kappa shape index (κ2) is 10.2. The number of hydrogen-bond donors (Lipinski definition) is 2. The first-order valence-corrected chi connectivity index (χ1v) is 13.0. The fourth-order valence-electron chi connectivity index (χ4n) is 3.38. The van der Waals surface area contributed by atoms with E-state index in [4.69, 9.17) is 0 Å². The maximum atomic E-state index is 13.2. The van der Waals surface area contributed by atoms with Crippen LogP contribution in [0.15, 0.2) is 112 Å². The van der Waals surface area contributed by atoms with E-state index in [9.17, 15) is 13.2 Å². The van der Waals surface area contributed by atoms with Gasteiger partial charge in [-0.2, -0.15) is 0 Å². The predicted octanol–water partition coefficient (Wildman–Crippen LogP) is 6.51. The van der Waals surface area contributed by atoms with Gasteiger partial charge in [-0.05, 0) is 67.9 Å². The third-order valence-corrected chi connectivity index (χ3v) is 7.73. The monoisotopic (exact) mass is 488 g/mol. The summed E-state index contributed by atoms with van der Waals surface area (Å²) in [6, 6.07) is 29.1. The van der Waals surface area contributed by atoms with Crippen LogP contribution >= 0.6 is 11.8 Å². The van der Waals surface area contributed by atoms with Gasteiger partial charge >= 0.3 is 0 Å². The van der Waals surface area contributed by atoms with Gasteiger partial charge in [-0.25, -0.2) is 8.42 Å². The molecular weight excluding hydrogens is 464 g/mol. The Morgan fingerprint density at radius 3 is 2.12 bits per heavy atom. The minimum absolute atomic E-state index is 0.166. The second-order valence-corrected chi connectivity index (χ2v) is 10.6. The van der Waals surface area contributed by atoms with E-state index < -0.39 is 10.0 Å². The molecule has 7 heteroatoms. The Hall–Kier alpha value is -3.55.